The lowest BCUT2D eigenvalue weighted by Crippen LogP contribution is -2.16. The van der Waals surface area contributed by atoms with Crippen LogP contribution in [0.5, 0.6) is 6.01 Å². The van der Waals surface area contributed by atoms with Gasteiger partial charge in [-0.25, -0.2) is 9.78 Å². The van der Waals surface area contributed by atoms with Crippen LogP contribution in [0.1, 0.15) is 16.8 Å². The van der Waals surface area contributed by atoms with Gasteiger partial charge in [0.2, 0.25) is 0 Å². The van der Waals surface area contributed by atoms with Crippen LogP contribution < -0.4 is 4.74 Å². The van der Waals surface area contributed by atoms with E-state index >= 15 is 0 Å². The zero-order valence-corrected chi connectivity index (χ0v) is 13.7. The van der Waals surface area contributed by atoms with Crippen molar-refractivity contribution < 1.29 is 14.6 Å². The molecule has 1 heterocycles. The Morgan fingerprint density at radius 1 is 1.35 bits per heavy atom. The smallest absolute Gasteiger partial charge is 0.339 e. The van der Waals surface area contributed by atoms with Crippen LogP contribution in [-0.4, -0.2) is 53.2 Å². The lowest BCUT2D eigenvalue weighted by atomic mass is 10.1. The van der Waals surface area contributed by atoms with E-state index in [1.54, 1.807) is 24.3 Å². The quantitative estimate of drug-likeness (QED) is 0.784. The molecule has 1 N–H and O–H groups in total. The molecule has 23 heavy (non-hydrogen) atoms. The van der Waals surface area contributed by atoms with Gasteiger partial charge in [-0.2, -0.15) is 4.98 Å². The van der Waals surface area contributed by atoms with Crippen molar-refractivity contribution in [2.45, 2.75) is 6.42 Å². The monoisotopic (exact) mass is 335 g/mol. The normalized spacial score (nSPS) is 10.8. The Labute approximate surface area is 139 Å². The van der Waals surface area contributed by atoms with Gasteiger partial charge < -0.3 is 14.7 Å². The third-order valence-corrected chi connectivity index (χ3v) is 3.44. The van der Waals surface area contributed by atoms with E-state index in [-0.39, 0.29) is 17.3 Å². The molecule has 0 bridgehead atoms. The molecule has 0 spiro atoms. The van der Waals surface area contributed by atoms with E-state index in [9.17, 15) is 9.90 Å². The first-order valence-electron chi connectivity index (χ1n) is 7.12. The van der Waals surface area contributed by atoms with Gasteiger partial charge >= 0.3 is 12.0 Å². The topological polar surface area (TPSA) is 75.5 Å². The number of rotatable bonds is 7. The molecule has 0 aliphatic heterocycles. The van der Waals surface area contributed by atoms with Crippen LogP contribution in [0.25, 0.3) is 11.3 Å². The summed E-state index contributed by atoms with van der Waals surface area (Å²) in [4.78, 5) is 21.6. The van der Waals surface area contributed by atoms with Crippen LogP contribution in [0.2, 0.25) is 5.02 Å². The summed E-state index contributed by atoms with van der Waals surface area (Å²) in [5, 5.41) is 9.74. The zero-order chi connectivity index (χ0) is 16.8. The van der Waals surface area contributed by atoms with Gasteiger partial charge in [-0.3, -0.25) is 0 Å². The van der Waals surface area contributed by atoms with Gasteiger partial charge in [-0.1, -0.05) is 29.8 Å². The summed E-state index contributed by atoms with van der Waals surface area (Å²) >= 11 is 6.15. The molecule has 0 radical (unpaired) electrons. The number of aromatic carboxylic acids is 1. The van der Waals surface area contributed by atoms with E-state index in [2.05, 4.69) is 9.97 Å². The minimum atomic E-state index is -1.11. The van der Waals surface area contributed by atoms with Crippen molar-refractivity contribution in [1.82, 2.24) is 14.9 Å². The molecule has 2 aromatic rings. The standard InChI is InChI=1S/C16H18ClN3O3/c1-20(2)8-5-9-23-16-18-10-12(15(21)22)14(19-16)11-6-3-4-7-13(11)17/h3-4,6-7,10H,5,8-9H2,1-2H3,(H,21,22). The van der Waals surface area contributed by atoms with E-state index in [4.69, 9.17) is 16.3 Å². The highest BCUT2D eigenvalue weighted by atomic mass is 35.5. The Hall–Kier alpha value is -2.18. The summed E-state index contributed by atoms with van der Waals surface area (Å²) < 4.78 is 5.51. The van der Waals surface area contributed by atoms with Gasteiger partial charge in [0.1, 0.15) is 5.56 Å². The second-order valence-electron chi connectivity index (χ2n) is 5.21. The van der Waals surface area contributed by atoms with Crippen LogP contribution in [0.15, 0.2) is 30.5 Å². The van der Waals surface area contributed by atoms with Gasteiger partial charge in [-0.05, 0) is 26.6 Å². The predicted molar refractivity (Wildman–Crippen MR) is 88.1 cm³/mol. The van der Waals surface area contributed by atoms with Crippen molar-refractivity contribution in [1.29, 1.82) is 0 Å². The summed E-state index contributed by atoms with van der Waals surface area (Å²) in [6, 6.07) is 7.08. The molecule has 122 valence electrons. The number of carboxylic acid groups (broad SMARTS) is 1. The molecule has 0 atom stereocenters. The number of carboxylic acids is 1. The molecule has 2 rings (SSSR count). The number of carbonyl (C=O) groups is 1. The number of aromatic nitrogens is 2. The van der Waals surface area contributed by atoms with Gasteiger partial charge in [-0.15, -0.1) is 0 Å². The Bertz CT molecular complexity index is 692. The van der Waals surface area contributed by atoms with Crippen LogP contribution in [0.3, 0.4) is 0 Å². The van der Waals surface area contributed by atoms with Crippen LogP contribution >= 0.6 is 11.6 Å². The van der Waals surface area contributed by atoms with E-state index in [0.717, 1.165) is 13.0 Å². The summed E-state index contributed by atoms with van der Waals surface area (Å²) in [6.45, 7) is 1.33. The maximum Gasteiger partial charge on any atom is 0.339 e. The molecular formula is C16H18ClN3O3. The zero-order valence-electron chi connectivity index (χ0n) is 13.0. The molecule has 0 unspecified atom stereocenters. The fourth-order valence-electron chi connectivity index (χ4n) is 1.99. The molecule has 1 aromatic carbocycles. The number of ether oxygens (including phenoxy) is 1. The molecular weight excluding hydrogens is 318 g/mol. The van der Waals surface area contributed by atoms with Crippen molar-refractivity contribution in [2.75, 3.05) is 27.2 Å². The fraction of sp³-hybridized carbons (Fsp3) is 0.312. The second kappa shape index (κ2) is 7.89. The molecule has 0 aliphatic rings. The lowest BCUT2D eigenvalue weighted by molar-refractivity contribution is 0.0696. The molecule has 0 fully saturated rings. The third-order valence-electron chi connectivity index (χ3n) is 3.11. The van der Waals surface area contributed by atoms with Crippen LogP contribution in [-0.2, 0) is 0 Å². The Balaban J connectivity index is 2.26. The van der Waals surface area contributed by atoms with Crippen LogP contribution in [0, 0.1) is 0 Å². The first kappa shape index (κ1) is 17.2. The maximum absolute atomic E-state index is 11.4. The number of nitrogens with zero attached hydrogens (tertiary/aromatic N) is 3. The van der Waals surface area contributed by atoms with Crippen molar-refractivity contribution >= 4 is 17.6 Å². The Morgan fingerprint density at radius 2 is 2.09 bits per heavy atom. The highest BCUT2D eigenvalue weighted by Gasteiger charge is 2.17. The van der Waals surface area contributed by atoms with Crippen molar-refractivity contribution in [3.8, 4) is 17.3 Å². The Kier molecular flexibility index (Phi) is 5.90. The van der Waals surface area contributed by atoms with Gasteiger partial charge in [0, 0.05) is 23.3 Å². The number of hydrogen-bond acceptors (Lipinski definition) is 5. The van der Waals surface area contributed by atoms with Crippen molar-refractivity contribution in [3.05, 3.63) is 41.0 Å². The summed E-state index contributed by atoms with van der Waals surface area (Å²) in [6.07, 6.45) is 2.06. The van der Waals surface area contributed by atoms with E-state index in [1.165, 1.54) is 6.20 Å². The Morgan fingerprint density at radius 3 is 2.74 bits per heavy atom. The minimum absolute atomic E-state index is 0.0151. The first-order chi connectivity index (χ1) is 11.0. The number of hydrogen-bond donors (Lipinski definition) is 1. The number of halogens is 1. The van der Waals surface area contributed by atoms with Gasteiger partial charge in [0.05, 0.1) is 12.3 Å². The fourth-order valence-corrected chi connectivity index (χ4v) is 2.22. The van der Waals surface area contributed by atoms with E-state index < -0.39 is 5.97 Å². The molecule has 0 aliphatic carbocycles. The first-order valence-corrected chi connectivity index (χ1v) is 7.49. The average molecular weight is 336 g/mol. The van der Waals surface area contributed by atoms with E-state index in [1.807, 2.05) is 19.0 Å². The van der Waals surface area contributed by atoms with Crippen molar-refractivity contribution in [2.24, 2.45) is 0 Å². The SMILES string of the molecule is CN(C)CCCOc1ncc(C(=O)O)c(-c2ccccc2Cl)n1. The molecule has 0 amide bonds. The molecule has 7 heteroatoms. The summed E-state index contributed by atoms with van der Waals surface area (Å²) in [5.74, 6) is -1.11. The molecule has 0 saturated carbocycles. The summed E-state index contributed by atoms with van der Waals surface area (Å²) in [7, 11) is 3.96. The molecule has 0 saturated heterocycles. The lowest BCUT2D eigenvalue weighted by Gasteiger charge is -2.11. The van der Waals surface area contributed by atoms with Crippen molar-refractivity contribution in [3.63, 3.8) is 0 Å². The molecule has 1 aromatic heterocycles. The molecule has 6 nitrogen and oxygen atoms in total. The van der Waals surface area contributed by atoms with E-state index in [0.29, 0.717) is 17.2 Å². The van der Waals surface area contributed by atoms with Crippen LogP contribution in [0.4, 0.5) is 0 Å². The van der Waals surface area contributed by atoms with Gasteiger partial charge in [0.25, 0.3) is 0 Å². The average Bonchev–Trinajstić information content (AvgIpc) is 2.51. The largest absolute Gasteiger partial charge is 0.478 e. The summed E-state index contributed by atoms with van der Waals surface area (Å²) in [5.41, 5.74) is 0.770. The maximum atomic E-state index is 11.4. The second-order valence-corrected chi connectivity index (χ2v) is 5.61. The predicted octanol–water partition coefficient (Wildman–Crippen LogP) is 2.83. The van der Waals surface area contributed by atoms with Gasteiger partial charge in [0.15, 0.2) is 0 Å². The third kappa shape index (κ3) is 4.64. The highest BCUT2D eigenvalue weighted by molar-refractivity contribution is 6.33. The highest BCUT2D eigenvalue weighted by Crippen LogP contribution is 2.29. The number of benzene rings is 1. The minimum Gasteiger partial charge on any atom is -0.478 e.